The van der Waals surface area contributed by atoms with Crippen LogP contribution in [0.15, 0.2) is 0 Å². The van der Waals surface area contributed by atoms with Gasteiger partial charge in [-0.25, -0.2) is 0 Å². The predicted molar refractivity (Wildman–Crippen MR) is 70.2 cm³/mol. The highest BCUT2D eigenvalue weighted by molar-refractivity contribution is 5.81. The van der Waals surface area contributed by atoms with Crippen LogP contribution in [0.2, 0.25) is 0 Å². The second-order valence-corrected chi connectivity index (χ2v) is 5.38. The fourth-order valence-corrected chi connectivity index (χ4v) is 2.81. The van der Waals surface area contributed by atoms with Gasteiger partial charge in [-0.1, -0.05) is 39.0 Å². The van der Waals surface area contributed by atoms with Crippen molar-refractivity contribution in [3.8, 4) is 0 Å². The Morgan fingerprint density at radius 1 is 1.28 bits per heavy atom. The molecule has 0 spiro atoms. The summed E-state index contributed by atoms with van der Waals surface area (Å²) < 4.78 is 0. The van der Waals surface area contributed by atoms with Crippen LogP contribution in [0.1, 0.15) is 52.4 Å². The summed E-state index contributed by atoms with van der Waals surface area (Å²) in [7, 11) is 0. The van der Waals surface area contributed by atoms with E-state index in [9.17, 15) is 9.59 Å². The maximum atomic E-state index is 12.0. The van der Waals surface area contributed by atoms with Crippen LogP contribution >= 0.6 is 0 Å². The number of carbonyl (C=O) groups excluding carboxylic acids is 1. The van der Waals surface area contributed by atoms with Gasteiger partial charge in [0.1, 0.15) is 6.54 Å². The molecule has 1 N–H and O–H groups in total. The zero-order chi connectivity index (χ0) is 13.5. The van der Waals surface area contributed by atoms with Crippen molar-refractivity contribution in [2.24, 2.45) is 11.8 Å². The number of hydrogen-bond donors (Lipinski definition) is 1. The molecule has 1 amide bonds. The van der Waals surface area contributed by atoms with E-state index in [0.29, 0.717) is 24.8 Å². The van der Waals surface area contributed by atoms with Gasteiger partial charge in [0.05, 0.1) is 0 Å². The van der Waals surface area contributed by atoms with Gasteiger partial charge < -0.3 is 10.0 Å². The number of hydrogen-bond acceptors (Lipinski definition) is 2. The molecule has 4 heteroatoms. The van der Waals surface area contributed by atoms with E-state index in [4.69, 9.17) is 5.11 Å². The molecule has 1 unspecified atom stereocenters. The second kappa shape index (κ2) is 7.39. The molecule has 0 aromatic heterocycles. The van der Waals surface area contributed by atoms with E-state index in [1.54, 1.807) is 0 Å². The molecule has 0 bridgehead atoms. The Bertz CT molecular complexity index is 285. The van der Waals surface area contributed by atoms with E-state index < -0.39 is 5.97 Å². The molecule has 18 heavy (non-hydrogen) atoms. The van der Waals surface area contributed by atoms with Crippen LogP contribution in [0.3, 0.4) is 0 Å². The van der Waals surface area contributed by atoms with Gasteiger partial charge in [0, 0.05) is 13.0 Å². The van der Waals surface area contributed by atoms with Crippen LogP contribution in [0.25, 0.3) is 0 Å². The van der Waals surface area contributed by atoms with Crippen molar-refractivity contribution < 1.29 is 14.7 Å². The van der Waals surface area contributed by atoms with Crippen LogP contribution < -0.4 is 0 Å². The molecular formula is C14H25NO3. The first kappa shape index (κ1) is 15.0. The fourth-order valence-electron chi connectivity index (χ4n) is 2.81. The SMILES string of the molecule is CCN(CC(=O)O)C(=O)CC(C)C1CCCCC1. The predicted octanol–water partition coefficient (Wildman–Crippen LogP) is 2.53. The lowest BCUT2D eigenvalue weighted by atomic mass is 9.79. The van der Waals surface area contributed by atoms with Crippen molar-refractivity contribution in [2.45, 2.75) is 52.4 Å². The number of aliphatic carboxylic acids is 1. The Morgan fingerprint density at radius 2 is 1.89 bits per heavy atom. The van der Waals surface area contributed by atoms with Crippen molar-refractivity contribution in [3.63, 3.8) is 0 Å². The van der Waals surface area contributed by atoms with E-state index in [-0.39, 0.29) is 12.5 Å². The largest absolute Gasteiger partial charge is 0.480 e. The van der Waals surface area contributed by atoms with Crippen LogP contribution in [0, 0.1) is 11.8 Å². The van der Waals surface area contributed by atoms with E-state index in [0.717, 1.165) is 0 Å². The van der Waals surface area contributed by atoms with Gasteiger partial charge in [0.25, 0.3) is 0 Å². The summed E-state index contributed by atoms with van der Waals surface area (Å²) in [5, 5.41) is 8.75. The molecule has 1 saturated carbocycles. The van der Waals surface area contributed by atoms with Gasteiger partial charge in [-0.3, -0.25) is 9.59 Å². The van der Waals surface area contributed by atoms with Gasteiger partial charge in [0.2, 0.25) is 5.91 Å². The molecule has 1 fully saturated rings. The van der Waals surface area contributed by atoms with E-state index >= 15 is 0 Å². The van der Waals surface area contributed by atoms with Gasteiger partial charge >= 0.3 is 5.97 Å². The highest BCUT2D eigenvalue weighted by Gasteiger charge is 2.24. The number of carboxylic acid groups (broad SMARTS) is 1. The molecule has 1 atom stereocenters. The number of nitrogens with zero attached hydrogens (tertiary/aromatic N) is 1. The third-order valence-corrected chi connectivity index (χ3v) is 4.01. The molecule has 0 saturated heterocycles. The van der Waals surface area contributed by atoms with Gasteiger partial charge in [-0.15, -0.1) is 0 Å². The summed E-state index contributed by atoms with van der Waals surface area (Å²) in [4.78, 5) is 24.1. The topological polar surface area (TPSA) is 57.6 Å². The number of carboxylic acids is 1. The summed E-state index contributed by atoms with van der Waals surface area (Å²) >= 11 is 0. The van der Waals surface area contributed by atoms with Crippen molar-refractivity contribution in [1.29, 1.82) is 0 Å². The minimum absolute atomic E-state index is 0.0158. The molecule has 1 rings (SSSR count). The minimum Gasteiger partial charge on any atom is -0.480 e. The Labute approximate surface area is 109 Å². The number of carbonyl (C=O) groups is 2. The Balaban J connectivity index is 2.43. The molecule has 104 valence electrons. The molecule has 0 aromatic carbocycles. The molecule has 4 nitrogen and oxygen atoms in total. The molecule has 1 aliphatic rings. The van der Waals surface area contributed by atoms with Crippen molar-refractivity contribution >= 4 is 11.9 Å². The molecular weight excluding hydrogens is 230 g/mol. The molecule has 0 aromatic rings. The van der Waals surface area contributed by atoms with Crippen molar-refractivity contribution in [1.82, 2.24) is 4.90 Å². The molecule has 0 aliphatic heterocycles. The molecule has 0 heterocycles. The van der Waals surface area contributed by atoms with Crippen LogP contribution in [-0.2, 0) is 9.59 Å². The number of rotatable bonds is 6. The maximum absolute atomic E-state index is 12.0. The zero-order valence-electron chi connectivity index (χ0n) is 11.5. The van der Waals surface area contributed by atoms with Gasteiger partial charge in [-0.2, -0.15) is 0 Å². The van der Waals surface area contributed by atoms with Crippen LogP contribution in [0.5, 0.6) is 0 Å². The zero-order valence-corrected chi connectivity index (χ0v) is 11.5. The third kappa shape index (κ3) is 4.67. The van der Waals surface area contributed by atoms with Crippen molar-refractivity contribution in [3.05, 3.63) is 0 Å². The minimum atomic E-state index is -0.935. The second-order valence-electron chi connectivity index (χ2n) is 5.38. The standard InChI is InChI=1S/C14H25NO3/c1-3-15(10-14(17)18)13(16)9-11(2)12-7-5-4-6-8-12/h11-12H,3-10H2,1-2H3,(H,17,18). The Kier molecular flexibility index (Phi) is 6.16. The van der Waals surface area contributed by atoms with Gasteiger partial charge in [-0.05, 0) is 18.8 Å². The Hall–Kier alpha value is -1.06. The molecule has 0 radical (unpaired) electrons. The lowest BCUT2D eigenvalue weighted by molar-refractivity contribution is -0.144. The number of likely N-dealkylation sites (N-methyl/N-ethyl adjacent to an activating group) is 1. The summed E-state index contributed by atoms with van der Waals surface area (Å²) in [6.45, 7) is 4.25. The average Bonchev–Trinajstić information content (AvgIpc) is 2.36. The first-order valence-corrected chi connectivity index (χ1v) is 7.04. The lowest BCUT2D eigenvalue weighted by Crippen LogP contribution is -2.37. The van der Waals surface area contributed by atoms with E-state index in [1.165, 1.54) is 37.0 Å². The lowest BCUT2D eigenvalue weighted by Gasteiger charge is -2.29. The molecule has 1 aliphatic carbocycles. The normalized spacial score (nSPS) is 18.3. The third-order valence-electron chi connectivity index (χ3n) is 4.01. The van der Waals surface area contributed by atoms with E-state index in [2.05, 4.69) is 6.92 Å². The van der Waals surface area contributed by atoms with Crippen LogP contribution in [0.4, 0.5) is 0 Å². The number of amides is 1. The fraction of sp³-hybridized carbons (Fsp3) is 0.857. The van der Waals surface area contributed by atoms with Gasteiger partial charge in [0.15, 0.2) is 0 Å². The Morgan fingerprint density at radius 3 is 2.39 bits per heavy atom. The smallest absolute Gasteiger partial charge is 0.323 e. The highest BCUT2D eigenvalue weighted by Crippen LogP contribution is 2.31. The average molecular weight is 255 g/mol. The summed E-state index contributed by atoms with van der Waals surface area (Å²) in [5.41, 5.74) is 0. The van der Waals surface area contributed by atoms with Crippen LogP contribution in [-0.4, -0.2) is 35.0 Å². The summed E-state index contributed by atoms with van der Waals surface area (Å²) in [6.07, 6.45) is 6.80. The summed E-state index contributed by atoms with van der Waals surface area (Å²) in [5.74, 6) is 0.0698. The maximum Gasteiger partial charge on any atom is 0.323 e. The van der Waals surface area contributed by atoms with Crippen molar-refractivity contribution in [2.75, 3.05) is 13.1 Å². The highest BCUT2D eigenvalue weighted by atomic mass is 16.4. The first-order valence-electron chi connectivity index (χ1n) is 7.04. The quantitative estimate of drug-likeness (QED) is 0.793. The first-order chi connectivity index (χ1) is 8.54. The van der Waals surface area contributed by atoms with E-state index in [1.807, 2.05) is 6.92 Å². The summed E-state index contributed by atoms with van der Waals surface area (Å²) in [6, 6.07) is 0. The monoisotopic (exact) mass is 255 g/mol.